The fraction of sp³-hybridized carbons (Fsp3) is 0.625. The Kier molecular flexibility index (Phi) is 5.00. The number of ether oxygens (including phenoxy) is 1. The van der Waals surface area contributed by atoms with E-state index in [9.17, 15) is 4.39 Å². The van der Waals surface area contributed by atoms with Crippen molar-refractivity contribution in [1.29, 1.82) is 0 Å². The van der Waals surface area contributed by atoms with E-state index in [4.69, 9.17) is 10.5 Å². The van der Waals surface area contributed by atoms with Crippen LogP contribution in [0, 0.1) is 5.82 Å². The molecule has 0 radical (unpaired) electrons. The van der Waals surface area contributed by atoms with Gasteiger partial charge in [0.25, 0.3) is 0 Å². The predicted molar refractivity (Wildman–Crippen MR) is 80.5 cm³/mol. The first-order valence-electron chi connectivity index (χ1n) is 7.50. The van der Waals surface area contributed by atoms with Crippen LogP contribution in [0.25, 0.3) is 0 Å². The minimum Gasteiger partial charge on any atom is -0.378 e. The van der Waals surface area contributed by atoms with Gasteiger partial charge < -0.3 is 15.4 Å². The number of halogens is 1. The third-order valence-corrected chi connectivity index (χ3v) is 4.40. The molecule has 2 unspecified atom stereocenters. The standard InChI is InChI=1S/C16H25FN2O/c1-3-13-11-16(12-18,9-10-20-13)19(4-2)15-8-6-5-7-14(15)17/h5-8,13H,3-4,9-12,18H2,1-2H3. The molecule has 0 bridgehead atoms. The van der Waals surface area contributed by atoms with Crippen molar-refractivity contribution in [2.75, 3.05) is 24.6 Å². The van der Waals surface area contributed by atoms with Crippen LogP contribution in [0.2, 0.25) is 0 Å². The number of benzene rings is 1. The monoisotopic (exact) mass is 280 g/mol. The summed E-state index contributed by atoms with van der Waals surface area (Å²) >= 11 is 0. The Morgan fingerprint density at radius 2 is 2.15 bits per heavy atom. The molecule has 1 aliphatic heterocycles. The minimum absolute atomic E-state index is 0.179. The molecular formula is C16H25FN2O. The van der Waals surface area contributed by atoms with Crippen LogP contribution in [0.3, 0.4) is 0 Å². The highest BCUT2D eigenvalue weighted by Crippen LogP contribution is 2.35. The number of hydrogen-bond acceptors (Lipinski definition) is 3. The van der Waals surface area contributed by atoms with Crippen LogP contribution in [-0.2, 0) is 4.74 Å². The number of anilines is 1. The van der Waals surface area contributed by atoms with E-state index in [0.29, 0.717) is 18.8 Å². The van der Waals surface area contributed by atoms with Crippen molar-refractivity contribution in [3.63, 3.8) is 0 Å². The van der Waals surface area contributed by atoms with E-state index in [1.54, 1.807) is 6.07 Å². The van der Waals surface area contributed by atoms with Gasteiger partial charge in [0, 0.05) is 19.7 Å². The molecule has 1 aromatic rings. The summed E-state index contributed by atoms with van der Waals surface area (Å²) in [7, 11) is 0. The van der Waals surface area contributed by atoms with Gasteiger partial charge in [-0.2, -0.15) is 0 Å². The lowest BCUT2D eigenvalue weighted by atomic mass is 9.83. The lowest BCUT2D eigenvalue weighted by Crippen LogP contribution is -2.59. The van der Waals surface area contributed by atoms with Crippen LogP contribution < -0.4 is 10.6 Å². The van der Waals surface area contributed by atoms with E-state index in [2.05, 4.69) is 18.7 Å². The van der Waals surface area contributed by atoms with Crippen molar-refractivity contribution in [1.82, 2.24) is 0 Å². The molecule has 0 saturated carbocycles. The number of para-hydroxylation sites is 1. The first-order valence-corrected chi connectivity index (χ1v) is 7.50. The van der Waals surface area contributed by atoms with Gasteiger partial charge in [0.05, 0.1) is 17.3 Å². The lowest BCUT2D eigenvalue weighted by molar-refractivity contribution is -0.0198. The van der Waals surface area contributed by atoms with Crippen molar-refractivity contribution in [3.05, 3.63) is 30.1 Å². The first kappa shape index (κ1) is 15.3. The molecule has 0 aromatic heterocycles. The SMILES string of the molecule is CCC1CC(CN)(N(CC)c2ccccc2F)CCO1. The second kappa shape index (κ2) is 6.55. The van der Waals surface area contributed by atoms with E-state index in [1.165, 1.54) is 6.07 Å². The second-order valence-corrected chi connectivity index (χ2v) is 5.48. The molecule has 0 spiro atoms. The molecule has 1 aliphatic rings. The molecule has 20 heavy (non-hydrogen) atoms. The maximum atomic E-state index is 14.2. The molecule has 1 aromatic carbocycles. The highest BCUT2D eigenvalue weighted by Gasteiger charge is 2.40. The lowest BCUT2D eigenvalue weighted by Gasteiger charge is -2.49. The first-order chi connectivity index (χ1) is 9.66. The zero-order valence-corrected chi connectivity index (χ0v) is 12.4. The van der Waals surface area contributed by atoms with Crippen LogP contribution in [0.1, 0.15) is 33.1 Å². The van der Waals surface area contributed by atoms with Gasteiger partial charge in [-0.05, 0) is 38.3 Å². The smallest absolute Gasteiger partial charge is 0.146 e. The van der Waals surface area contributed by atoms with Gasteiger partial charge in [-0.3, -0.25) is 0 Å². The Hall–Kier alpha value is -1.13. The highest BCUT2D eigenvalue weighted by molar-refractivity contribution is 5.50. The van der Waals surface area contributed by atoms with E-state index >= 15 is 0 Å². The molecule has 4 heteroatoms. The quantitative estimate of drug-likeness (QED) is 0.901. The summed E-state index contributed by atoms with van der Waals surface area (Å²) in [4.78, 5) is 2.13. The molecule has 0 aliphatic carbocycles. The van der Waals surface area contributed by atoms with Crippen LogP contribution in [0.15, 0.2) is 24.3 Å². The summed E-state index contributed by atoms with van der Waals surface area (Å²) in [6.45, 7) is 6.14. The number of rotatable bonds is 5. The van der Waals surface area contributed by atoms with Crippen LogP contribution in [0.5, 0.6) is 0 Å². The fourth-order valence-electron chi connectivity index (χ4n) is 3.24. The maximum absolute atomic E-state index is 14.2. The highest BCUT2D eigenvalue weighted by atomic mass is 19.1. The molecule has 2 N–H and O–H groups in total. The summed E-state index contributed by atoms with van der Waals surface area (Å²) in [5.74, 6) is -0.179. The summed E-state index contributed by atoms with van der Waals surface area (Å²) in [6.07, 6.45) is 2.90. The zero-order chi connectivity index (χ0) is 14.6. The number of nitrogens with zero attached hydrogens (tertiary/aromatic N) is 1. The van der Waals surface area contributed by atoms with Gasteiger partial charge in [0.2, 0.25) is 0 Å². The topological polar surface area (TPSA) is 38.5 Å². The molecule has 3 nitrogen and oxygen atoms in total. The number of likely N-dealkylation sites (N-methyl/N-ethyl adjacent to an activating group) is 1. The summed E-state index contributed by atoms with van der Waals surface area (Å²) in [6, 6.07) is 6.95. The zero-order valence-electron chi connectivity index (χ0n) is 12.4. The minimum atomic E-state index is -0.199. The van der Waals surface area contributed by atoms with Crippen molar-refractivity contribution in [2.24, 2.45) is 5.73 Å². The van der Waals surface area contributed by atoms with Crippen LogP contribution >= 0.6 is 0 Å². The maximum Gasteiger partial charge on any atom is 0.146 e. The van der Waals surface area contributed by atoms with Crippen molar-refractivity contribution in [2.45, 2.75) is 44.8 Å². The fourth-order valence-corrected chi connectivity index (χ4v) is 3.24. The Bertz CT molecular complexity index is 440. The molecular weight excluding hydrogens is 255 g/mol. The largest absolute Gasteiger partial charge is 0.378 e. The van der Waals surface area contributed by atoms with E-state index in [-0.39, 0.29) is 17.5 Å². The normalized spacial score (nSPS) is 26.5. The Morgan fingerprint density at radius 1 is 1.40 bits per heavy atom. The number of hydrogen-bond donors (Lipinski definition) is 1. The third kappa shape index (κ3) is 2.81. The van der Waals surface area contributed by atoms with E-state index in [1.807, 2.05) is 12.1 Å². The van der Waals surface area contributed by atoms with Gasteiger partial charge in [0.1, 0.15) is 5.82 Å². The van der Waals surface area contributed by atoms with Gasteiger partial charge in [-0.1, -0.05) is 19.1 Å². The van der Waals surface area contributed by atoms with Gasteiger partial charge in [-0.15, -0.1) is 0 Å². The molecule has 112 valence electrons. The Labute approximate surface area is 120 Å². The molecule has 1 saturated heterocycles. The Balaban J connectivity index is 2.34. The second-order valence-electron chi connectivity index (χ2n) is 5.48. The molecule has 2 atom stereocenters. The number of nitrogens with two attached hydrogens (primary N) is 1. The van der Waals surface area contributed by atoms with E-state index in [0.717, 1.165) is 25.8 Å². The summed E-state index contributed by atoms with van der Waals surface area (Å²) in [5.41, 5.74) is 6.55. The molecule has 0 amide bonds. The van der Waals surface area contributed by atoms with Crippen molar-refractivity contribution >= 4 is 5.69 Å². The average Bonchev–Trinajstić information content (AvgIpc) is 2.50. The Morgan fingerprint density at radius 3 is 2.75 bits per heavy atom. The van der Waals surface area contributed by atoms with Gasteiger partial charge in [0.15, 0.2) is 0 Å². The summed E-state index contributed by atoms with van der Waals surface area (Å²) in [5, 5.41) is 0. The molecule has 1 heterocycles. The third-order valence-electron chi connectivity index (χ3n) is 4.40. The average molecular weight is 280 g/mol. The predicted octanol–water partition coefficient (Wildman–Crippen LogP) is 2.94. The van der Waals surface area contributed by atoms with Crippen molar-refractivity contribution < 1.29 is 9.13 Å². The van der Waals surface area contributed by atoms with Crippen LogP contribution in [-0.4, -0.2) is 31.3 Å². The van der Waals surface area contributed by atoms with E-state index < -0.39 is 0 Å². The molecule has 2 rings (SSSR count). The van der Waals surface area contributed by atoms with Crippen LogP contribution in [0.4, 0.5) is 10.1 Å². The van der Waals surface area contributed by atoms with Gasteiger partial charge >= 0.3 is 0 Å². The summed E-state index contributed by atoms with van der Waals surface area (Å²) < 4.78 is 19.9. The van der Waals surface area contributed by atoms with Gasteiger partial charge in [-0.25, -0.2) is 4.39 Å². The molecule has 1 fully saturated rings. The van der Waals surface area contributed by atoms with Crippen molar-refractivity contribution in [3.8, 4) is 0 Å².